The molecule has 2 aromatic rings. The Hall–Kier alpha value is -0.520. The van der Waals surface area contributed by atoms with Crippen molar-refractivity contribution in [3.8, 4) is 0 Å². The zero-order valence-corrected chi connectivity index (χ0v) is 14.9. The number of ether oxygens (including phenoxy) is 1. The van der Waals surface area contributed by atoms with Gasteiger partial charge in [-0.15, -0.1) is 0 Å². The molecule has 2 rings (SSSR count). The lowest BCUT2D eigenvalue weighted by Crippen LogP contribution is -2.18. The van der Waals surface area contributed by atoms with Crippen LogP contribution in [-0.2, 0) is 11.3 Å². The van der Waals surface area contributed by atoms with Crippen molar-refractivity contribution in [3.05, 3.63) is 57.5 Å². The Labute approximate surface area is 143 Å². The lowest BCUT2D eigenvalue weighted by atomic mass is 10.2. The van der Waals surface area contributed by atoms with E-state index in [1.165, 1.54) is 10.5 Å². The molecule has 0 heterocycles. The van der Waals surface area contributed by atoms with Crippen LogP contribution in [0.2, 0.25) is 5.02 Å². The van der Waals surface area contributed by atoms with E-state index in [2.05, 4.69) is 39.4 Å². The number of nitrogens with one attached hydrogen (secondary N) is 1. The van der Waals surface area contributed by atoms with E-state index in [0.717, 1.165) is 27.5 Å². The van der Waals surface area contributed by atoms with Crippen molar-refractivity contribution < 1.29 is 4.74 Å². The van der Waals surface area contributed by atoms with E-state index in [0.29, 0.717) is 6.61 Å². The van der Waals surface area contributed by atoms with E-state index in [4.69, 9.17) is 16.3 Å². The second kappa shape index (κ2) is 8.81. The molecule has 2 nitrogen and oxygen atoms in total. The van der Waals surface area contributed by atoms with E-state index in [1.54, 1.807) is 18.9 Å². The summed E-state index contributed by atoms with van der Waals surface area (Å²) in [5.74, 6) is 0. The van der Waals surface area contributed by atoms with Crippen molar-refractivity contribution >= 4 is 39.3 Å². The average molecular weight is 387 g/mol. The van der Waals surface area contributed by atoms with Gasteiger partial charge in [-0.05, 0) is 35.9 Å². The van der Waals surface area contributed by atoms with Gasteiger partial charge in [0.2, 0.25) is 0 Å². The van der Waals surface area contributed by atoms with Crippen LogP contribution >= 0.6 is 39.3 Å². The second-order valence-electron chi connectivity index (χ2n) is 4.45. The standard InChI is InChI=1S/C16H17BrClNOS/c1-20-10-9-19-11-12-3-2-4-15(18)16(12)21-14-7-5-13(17)6-8-14/h2-8,19H,9-11H2,1H3. The zero-order valence-electron chi connectivity index (χ0n) is 11.7. The van der Waals surface area contributed by atoms with Crippen LogP contribution in [0, 0.1) is 0 Å². The summed E-state index contributed by atoms with van der Waals surface area (Å²) in [5, 5.41) is 4.15. The summed E-state index contributed by atoms with van der Waals surface area (Å²) >= 11 is 11.5. The fourth-order valence-corrected chi connectivity index (χ4v) is 3.34. The summed E-state index contributed by atoms with van der Waals surface area (Å²) in [6.07, 6.45) is 0. The first kappa shape index (κ1) is 16.8. The van der Waals surface area contributed by atoms with Gasteiger partial charge in [0.05, 0.1) is 11.6 Å². The smallest absolute Gasteiger partial charge is 0.0587 e. The Morgan fingerprint density at radius 1 is 1.19 bits per heavy atom. The lowest BCUT2D eigenvalue weighted by molar-refractivity contribution is 0.199. The predicted octanol–water partition coefficient (Wildman–Crippen LogP) is 4.99. The summed E-state index contributed by atoms with van der Waals surface area (Å²) in [6.45, 7) is 2.31. The second-order valence-corrected chi connectivity index (χ2v) is 6.86. The van der Waals surface area contributed by atoms with Crippen LogP contribution < -0.4 is 5.32 Å². The molecule has 2 aromatic carbocycles. The first-order valence-electron chi connectivity index (χ1n) is 6.61. The minimum Gasteiger partial charge on any atom is -0.383 e. The number of hydrogen-bond acceptors (Lipinski definition) is 3. The van der Waals surface area contributed by atoms with Crippen molar-refractivity contribution in [2.24, 2.45) is 0 Å². The molecule has 112 valence electrons. The molecule has 5 heteroatoms. The van der Waals surface area contributed by atoms with E-state index in [9.17, 15) is 0 Å². The first-order valence-corrected chi connectivity index (χ1v) is 8.60. The van der Waals surface area contributed by atoms with Crippen molar-refractivity contribution in [3.63, 3.8) is 0 Å². The monoisotopic (exact) mass is 385 g/mol. The van der Waals surface area contributed by atoms with Gasteiger partial charge in [0, 0.05) is 34.5 Å². The number of methoxy groups -OCH3 is 1. The van der Waals surface area contributed by atoms with Crippen LogP contribution in [-0.4, -0.2) is 20.3 Å². The fourth-order valence-electron chi connectivity index (χ4n) is 1.82. The molecule has 21 heavy (non-hydrogen) atoms. The summed E-state index contributed by atoms with van der Waals surface area (Å²) < 4.78 is 6.12. The Morgan fingerprint density at radius 3 is 2.67 bits per heavy atom. The fraction of sp³-hybridized carbons (Fsp3) is 0.250. The Kier molecular flexibility index (Phi) is 7.07. The van der Waals surface area contributed by atoms with Crippen molar-refractivity contribution in [1.29, 1.82) is 0 Å². The molecule has 0 aromatic heterocycles. The third-order valence-corrected chi connectivity index (χ3v) is 5.03. The molecule has 0 fully saturated rings. The molecule has 0 aliphatic rings. The molecule has 0 radical (unpaired) electrons. The lowest BCUT2D eigenvalue weighted by Gasteiger charge is -2.12. The Bertz CT molecular complexity index is 577. The van der Waals surface area contributed by atoms with Gasteiger partial charge >= 0.3 is 0 Å². The van der Waals surface area contributed by atoms with Crippen LogP contribution in [0.5, 0.6) is 0 Å². The van der Waals surface area contributed by atoms with Crippen LogP contribution in [0.15, 0.2) is 56.7 Å². The normalized spacial score (nSPS) is 10.8. The molecule has 0 saturated carbocycles. The molecule has 0 spiro atoms. The van der Waals surface area contributed by atoms with Gasteiger partial charge in [0.15, 0.2) is 0 Å². The number of hydrogen-bond donors (Lipinski definition) is 1. The number of halogens is 2. The molecular weight excluding hydrogens is 370 g/mol. The van der Waals surface area contributed by atoms with Crippen LogP contribution in [0.25, 0.3) is 0 Å². The van der Waals surface area contributed by atoms with Crippen molar-refractivity contribution in [2.45, 2.75) is 16.3 Å². The third kappa shape index (κ3) is 5.31. The van der Waals surface area contributed by atoms with Gasteiger partial charge in [0.25, 0.3) is 0 Å². The molecule has 0 aliphatic carbocycles. The topological polar surface area (TPSA) is 21.3 Å². The summed E-state index contributed by atoms with van der Waals surface area (Å²) in [5.41, 5.74) is 1.20. The maximum atomic E-state index is 6.37. The Balaban J connectivity index is 2.11. The van der Waals surface area contributed by atoms with Gasteiger partial charge in [0.1, 0.15) is 0 Å². The highest BCUT2D eigenvalue weighted by atomic mass is 79.9. The summed E-state index contributed by atoms with van der Waals surface area (Å²) in [6, 6.07) is 14.3. The zero-order chi connectivity index (χ0) is 15.1. The molecule has 0 bridgehead atoms. The molecule has 0 aliphatic heterocycles. The molecular formula is C16H17BrClNOS. The van der Waals surface area contributed by atoms with Crippen LogP contribution in [0.3, 0.4) is 0 Å². The average Bonchev–Trinajstić information content (AvgIpc) is 2.49. The minimum absolute atomic E-state index is 0.704. The van der Waals surface area contributed by atoms with Crippen LogP contribution in [0.4, 0.5) is 0 Å². The predicted molar refractivity (Wildman–Crippen MR) is 93.3 cm³/mol. The van der Waals surface area contributed by atoms with Gasteiger partial charge in [-0.3, -0.25) is 0 Å². The first-order chi connectivity index (χ1) is 10.2. The number of rotatable bonds is 7. The maximum Gasteiger partial charge on any atom is 0.0587 e. The van der Waals surface area contributed by atoms with Crippen molar-refractivity contribution in [2.75, 3.05) is 20.3 Å². The SMILES string of the molecule is COCCNCc1cccc(Cl)c1Sc1ccc(Br)cc1. The highest BCUT2D eigenvalue weighted by molar-refractivity contribution is 9.10. The molecule has 0 atom stereocenters. The van der Waals surface area contributed by atoms with Crippen molar-refractivity contribution in [1.82, 2.24) is 5.32 Å². The number of benzene rings is 2. The minimum atomic E-state index is 0.704. The summed E-state index contributed by atoms with van der Waals surface area (Å²) in [7, 11) is 1.70. The van der Waals surface area contributed by atoms with Gasteiger partial charge < -0.3 is 10.1 Å². The summed E-state index contributed by atoms with van der Waals surface area (Å²) in [4.78, 5) is 2.27. The van der Waals surface area contributed by atoms with E-state index in [-0.39, 0.29) is 0 Å². The molecule has 0 saturated heterocycles. The van der Waals surface area contributed by atoms with E-state index in [1.807, 2.05) is 24.3 Å². The third-order valence-electron chi connectivity index (χ3n) is 2.88. The van der Waals surface area contributed by atoms with Gasteiger partial charge in [-0.1, -0.05) is 51.4 Å². The molecule has 0 unspecified atom stereocenters. The van der Waals surface area contributed by atoms with Crippen LogP contribution in [0.1, 0.15) is 5.56 Å². The largest absolute Gasteiger partial charge is 0.383 e. The maximum absolute atomic E-state index is 6.37. The van der Waals surface area contributed by atoms with E-state index >= 15 is 0 Å². The van der Waals surface area contributed by atoms with E-state index < -0.39 is 0 Å². The highest BCUT2D eigenvalue weighted by Crippen LogP contribution is 2.36. The quantitative estimate of drug-likeness (QED) is 0.677. The van der Waals surface area contributed by atoms with Gasteiger partial charge in [-0.25, -0.2) is 0 Å². The van der Waals surface area contributed by atoms with Gasteiger partial charge in [-0.2, -0.15) is 0 Å². The Morgan fingerprint density at radius 2 is 1.95 bits per heavy atom. The molecule has 0 amide bonds. The molecule has 1 N–H and O–H groups in total. The highest BCUT2D eigenvalue weighted by Gasteiger charge is 2.08.